The number of benzene rings is 1. The predicted molar refractivity (Wildman–Crippen MR) is 126 cm³/mol. The monoisotopic (exact) mass is 575 g/mol. The van der Waals surface area contributed by atoms with E-state index in [4.69, 9.17) is 0 Å². The third-order valence-electron chi connectivity index (χ3n) is 5.62. The van der Waals surface area contributed by atoms with E-state index in [1.165, 1.54) is 5.69 Å². The van der Waals surface area contributed by atoms with Gasteiger partial charge in [-0.3, -0.25) is 4.99 Å². The number of piperidine rings is 1. The lowest BCUT2D eigenvalue weighted by Gasteiger charge is -2.32. The summed E-state index contributed by atoms with van der Waals surface area (Å²) in [6, 6.07) is 10.1. The molecule has 7 nitrogen and oxygen atoms in total. The number of alkyl halides is 3. The molecule has 31 heavy (non-hydrogen) atoms. The lowest BCUT2D eigenvalue weighted by molar-refractivity contribution is -0.0494. The van der Waals surface area contributed by atoms with Gasteiger partial charge in [0, 0.05) is 51.5 Å². The zero-order chi connectivity index (χ0) is 21.8. The van der Waals surface area contributed by atoms with Crippen LogP contribution in [0.1, 0.15) is 19.3 Å². The summed E-state index contributed by atoms with van der Waals surface area (Å²) in [5.41, 5.74) is -4.04. The molecule has 1 atom stereocenters. The highest BCUT2D eigenvalue weighted by Gasteiger charge is 2.50. The summed E-state index contributed by atoms with van der Waals surface area (Å²) in [4.78, 5) is 6.54. The van der Waals surface area contributed by atoms with Crippen molar-refractivity contribution in [2.45, 2.75) is 30.8 Å². The molecule has 0 saturated carbocycles. The Labute approximate surface area is 198 Å². The van der Waals surface area contributed by atoms with Crippen LogP contribution in [0, 0.1) is 5.92 Å². The molecule has 2 aliphatic rings. The molecule has 1 aromatic carbocycles. The highest BCUT2D eigenvalue weighted by molar-refractivity contribution is 14.0. The number of para-hydroxylation sites is 1. The molecule has 0 bridgehead atoms. The Morgan fingerprint density at radius 3 is 2.35 bits per heavy atom. The molecular weight excluding hydrogens is 546 g/mol. The van der Waals surface area contributed by atoms with Gasteiger partial charge in [-0.1, -0.05) is 18.2 Å². The molecule has 0 aliphatic carbocycles. The van der Waals surface area contributed by atoms with Crippen molar-refractivity contribution in [3.63, 3.8) is 0 Å². The Balaban J connectivity index is 0.00000341. The van der Waals surface area contributed by atoms with Crippen molar-refractivity contribution in [2.75, 3.05) is 44.7 Å². The fourth-order valence-electron chi connectivity index (χ4n) is 3.89. The number of aliphatic imine (C=N–C) groups is 1. The zero-order valence-electron chi connectivity index (χ0n) is 17.3. The largest absolute Gasteiger partial charge is 0.511 e. The zero-order valence-corrected chi connectivity index (χ0v) is 20.5. The quantitative estimate of drug-likeness (QED) is 0.321. The summed E-state index contributed by atoms with van der Waals surface area (Å²) in [5.74, 6) is 1.05. The predicted octanol–water partition coefficient (Wildman–Crippen LogP) is 2.61. The summed E-state index contributed by atoms with van der Waals surface area (Å²) in [7, 11) is -3.61. The van der Waals surface area contributed by atoms with Crippen LogP contribution in [-0.4, -0.2) is 70.0 Å². The number of sulfonamides is 1. The molecule has 1 unspecified atom stereocenters. The summed E-state index contributed by atoms with van der Waals surface area (Å²) in [5, 5.41) is 6.50. The smallest absolute Gasteiger partial charge is 0.371 e. The van der Waals surface area contributed by atoms with E-state index >= 15 is 0 Å². The summed E-state index contributed by atoms with van der Waals surface area (Å²) >= 11 is 0. The lowest BCUT2D eigenvalue weighted by Crippen LogP contribution is -2.52. The number of halogens is 4. The van der Waals surface area contributed by atoms with Crippen molar-refractivity contribution in [1.29, 1.82) is 0 Å². The molecule has 0 amide bonds. The number of hydrogen-bond donors (Lipinski definition) is 2. The van der Waals surface area contributed by atoms with Crippen LogP contribution in [0.3, 0.4) is 0 Å². The highest BCUT2D eigenvalue weighted by atomic mass is 127. The third-order valence-corrected chi connectivity index (χ3v) is 7.25. The van der Waals surface area contributed by atoms with Gasteiger partial charge in [-0.15, -0.1) is 24.0 Å². The number of anilines is 1. The van der Waals surface area contributed by atoms with Crippen LogP contribution >= 0.6 is 24.0 Å². The van der Waals surface area contributed by atoms with E-state index in [1.54, 1.807) is 7.05 Å². The molecule has 176 valence electrons. The first-order valence-corrected chi connectivity index (χ1v) is 11.5. The third kappa shape index (κ3) is 6.60. The second-order valence-corrected chi connectivity index (χ2v) is 9.59. The molecule has 2 saturated heterocycles. The van der Waals surface area contributed by atoms with Crippen molar-refractivity contribution < 1.29 is 21.6 Å². The Morgan fingerprint density at radius 1 is 1.13 bits per heavy atom. The average molecular weight is 575 g/mol. The van der Waals surface area contributed by atoms with E-state index in [9.17, 15) is 21.6 Å². The van der Waals surface area contributed by atoms with Gasteiger partial charge in [0.1, 0.15) is 0 Å². The maximum Gasteiger partial charge on any atom is 0.511 e. The lowest BCUT2D eigenvalue weighted by atomic mass is 10.1. The number of rotatable bonds is 5. The second-order valence-electron chi connectivity index (χ2n) is 7.66. The SMILES string of the molecule is CN=C(NCC1CCN(c2ccccc2)C1)NC1CCN(S(=O)(=O)C(F)(F)F)CC1.I. The second kappa shape index (κ2) is 11.0. The molecule has 0 spiro atoms. The maximum atomic E-state index is 12.7. The van der Waals surface area contributed by atoms with Crippen molar-refractivity contribution in [3.8, 4) is 0 Å². The van der Waals surface area contributed by atoms with E-state index in [2.05, 4.69) is 32.7 Å². The van der Waals surface area contributed by atoms with Gasteiger partial charge in [0.25, 0.3) is 0 Å². The molecule has 12 heteroatoms. The first kappa shape index (κ1) is 26.0. The van der Waals surface area contributed by atoms with Gasteiger partial charge < -0.3 is 15.5 Å². The summed E-state index contributed by atoms with van der Waals surface area (Å²) in [6.45, 7) is 2.36. The van der Waals surface area contributed by atoms with Crippen LogP contribution in [0.4, 0.5) is 18.9 Å². The van der Waals surface area contributed by atoms with Gasteiger partial charge in [-0.2, -0.15) is 17.5 Å². The first-order chi connectivity index (χ1) is 14.2. The molecule has 2 heterocycles. The fourth-order valence-corrected chi connectivity index (χ4v) is 4.87. The van der Waals surface area contributed by atoms with Crippen LogP contribution in [0.2, 0.25) is 0 Å². The van der Waals surface area contributed by atoms with Crippen LogP contribution in [0.25, 0.3) is 0 Å². The van der Waals surface area contributed by atoms with Gasteiger partial charge in [-0.05, 0) is 37.3 Å². The molecular formula is C19H29F3IN5O2S. The normalized spacial score (nSPS) is 21.6. The van der Waals surface area contributed by atoms with Gasteiger partial charge in [-0.25, -0.2) is 8.42 Å². The van der Waals surface area contributed by atoms with Crippen LogP contribution in [0.15, 0.2) is 35.3 Å². The number of nitrogens with one attached hydrogen (secondary N) is 2. The van der Waals surface area contributed by atoms with Gasteiger partial charge in [0.2, 0.25) is 0 Å². The fraction of sp³-hybridized carbons (Fsp3) is 0.632. The Morgan fingerprint density at radius 2 is 1.77 bits per heavy atom. The minimum atomic E-state index is -5.25. The van der Waals surface area contributed by atoms with Crippen molar-refractivity contribution in [1.82, 2.24) is 14.9 Å². The number of guanidine groups is 1. The highest BCUT2D eigenvalue weighted by Crippen LogP contribution is 2.29. The molecule has 1 aromatic rings. The molecule has 2 aliphatic heterocycles. The van der Waals surface area contributed by atoms with Crippen molar-refractivity contribution in [3.05, 3.63) is 30.3 Å². The summed E-state index contributed by atoms with van der Waals surface area (Å²) in [6.07, 6.45) is 1.65. The topological polar surface area (TPSA) is 77.0 Å². The average Bonchev–Trinajstić information content (AvgIpc) is 3.20. The van der Waals surface area contributed by atoms with E-state index < -0.39 is 15.5 Å². The van der Waals surface area contributed by atoms with E-state index in [1.807, 2.05) is 18.2 Å². The van der Waals surface area contributed by atoms with Crippen molar-refractivity contribution in [2.24, 2.45) is 10.9 Å². The van der Waals surface area contributed by atoms with E-state index in [0.29, 0.717) is 29.0 Å². The van der Waals surface area contributed by atoms with Crippen LogP contribution < -0.4 is 15.5 Å². The molecule has 0 aromatic heterocycles. The van der Waals surface area contributed by atoms with Gasteiger partial charge in [0.15, 0.2) is 5.96 Å². The van der Waals surface area contributed by atoms with Crippen molar-refractivity contribution >= 4 is 45.6 Å². The number of hydrogen-bond acceptors (Lipinski definition) is 4. The van der Waals surface area contributed by atoms with Crippen LogP contribution in [-0.2, 0) is 10.0 Å². The first-order valence-electron chi connectivity index (χ1n) is 10.0. The minimum Gasteiger partial charge on any atom is -0.371 e. The minimum absolute atomic E-state index is 0. The van der Waals surface area contributed by atoms with E-state index in [0.717, 1.165) is 26.1 Å². The standard InChI is InChI=1S/C19H28F3N5O2S.HI/c1-23-18(24-13-15-7-10-26(14-15)17-5-3-2-4-6-17)25-16-8-11-27(12-9-16)30(28,29)19(20,21)22;/h2-6,15-16H,7-14H2,1H3,(H2,23,24,25);1H. The van der Waals surface area contributed by atoms with Gasteiger partial charge in [0.05, 0.1) is 0 Å². The van der Waals surface area contributed by atoms with E-state index in [-0.39, 0.29) is 43.1 Å². The van der Waals surface area contributed by atoms with Crippen LogP contribution in [0.5, 0.6) is 0 Å². The molecule has 2 fully saturated rings. The summed E-state index contributed by atoms with van der Waals surface area (Å²) < 4.78 is 61.6. The van der Waals surface area contributed by atoms with Gasteiger partial charge >= 0.3 is 15.5 Å². The molecule has 2 N–H and O–H groups in total. The Kier molecular flexibility index (Phi) is 9.25. The maximum absolute atomic E-state index is 12.7. The number of nitrogens with zero attached hydrogens (tertiary/aromatic N) is 3. The Hall–Kier alpha value is -1.28. The Bertz CT molecular complexity index is 831. The molecule has 3 rings (SSSR count). The molecule has 0 radical (unpaired) electrons.